The van der Waals surface area contributed by atoms with E-state index in [1.165, 1.54) is 48.9 Å². The minimum absolute atomic E-state index is 0.356. The van der Waals surface area contributed by atoms with Gasteiger partial charge in [-0.3, -0.25) is 0 Å². The lowest BCUT2D eigenvalue weighted by molar-refractivity contribution is 0.308. The Bertz CT molecular complexity index is 368. The van der Waals surface area contributed by atoms with Gasteiger partial charge in [0.05, 0.1) is 0 Å². The third kappa shape index (κ3) is 2.34. The number of hydrogen-bond donors (Lipinski definition) is 0. The third-order valence-electron chi connectivity index (χ3n) is 4.52. The van der Waals surface area contributed by atoms with Crippen LogP contribution in [0.4, 0.5) is 5.69 Å². The lowest BCUT2D eigenvalue weighted by Gasteiger charge is -2.44. The van der Waals surface area contributed by atoms with E-state index in [9.17, 15) is 0 Å². The summed E-state index contributed by atoms with van der Waals surface area (Å²) in [6.07, 6.45) is 6.84. The van der Waals surface area contributed by atoms with Crippen molar-refractivity contribution in [1.82, 2.24) is 0 Å². The summed E-state index contributed by atoms with van der Waals surface area (Å²) in [4.78, 5) is 2.54. The molecule has 0 N–H and O–H groups in total. The highest BCUT2D eigenvalue weighted by atomic mass is 15.2. The summed E-state index contributed by atoms with van der Waals surface area (Å²) < 4.78 is 0. The molecule has 0 atom stereocenters. The summed E-state index contributed by atoms with van der Waals surface area (Å²) in [6, 6.07) is 6.61. The van der Waals surface area contributed by atoms with Crippen molar-refractivity contribution in [3.05, 3.63) is 29.3 Å². The van der Waals surface area contributed by atoms with Gasteiger partial charge in [-0.1, -0.05) is 37.5 Å². The Morgan fingerprint density at radius 2 is 1.53 bits per heavy atom. The van der Waals surface area contributed by atoms with Crippen LogP contribution in [0.5, 0.6) is 0 Å². The van der Waals surface area contributed by atoms with Crippen molar-refractivity contribution in [1.29, 1.82) is 0 Å². The number of anilines is 1. The van der Waals surface area contributed by atoms with Crippen LogP contribution < -0.4 is 4.90 Å². The van der Waals surface area contributed by atoms with Crippen LogP contribution >= 0.6 is 0 Å². The van der Waals surface area contributed by atoms with Crippen molar-refractivity contribution in [3.63, 3.8) is 0 Å². The topological polar surface area (TPSA) is 3.24 Å². The van der Waals surface area contributed by atoms with E-state index in [1.54, 1.807) is 0 Å². The molecule has 0 aromatic heterocycles. The summed E-state index contributed by atoms with van der Waals surface area (Å²) >= 11 is 0. The lowest BCUT2D eigenvalue weighted by atomic mass is 9.81. The molecular formula is C16H25N. The maximum absolute atomic E-state index is 2.54. The minimum atomic E-state index is 0.356. The monoisotopic (exact) mass is 231 g/mol. The van der Waals surface area contributed by atoms with E-state index in [-0.39, 0.29) is 0 Å². The first-order chi connectivity index (χ1) is 8.04. The number of aryl methyl sites for hydroxylation is 2. The Morgan fingerprint density at radius 3 is 2.06 bits per heavy atom. The van der Waals surface area contributed by atoms with E-state index in [1.807, 2.05) is 0 Å². The quantitative estimate of drug-likeness (QED) is 0.726. The smallest absolute Gasteiger partial charge is 0.0427 e. The Kier molecular flexibility index (Phi) is 3.46. The molecule has 1 aromatic rings. The molecule has 1 aromatic carbocycles. The van der Waals surface area contributed by atoms with Gasteiger partial charge >= 0.3 is 0 Å². The number of rotatable bonds is 2. The predicted molar refractivity (Wildman–Crippen MR) is 75.8 cm³/mol. The fourth-order valence-corrected chi connectivity index (χ4v) is 3.25. The second kappa shape index (κ2) is 4.72. The highest BCUT2D eigenvalue weighted by Gasteiger charge is 2.32. The van der Waals surface area contributed by atoms with Crippen LogP contribution in [0.2, 0.25) is 0 Å². The van der Waals surface area contributed by atoms with Gasteiger partial charge in [0.25, 0.3) is 0 Å². The van der Waals surface area contributed by atoms with Crippen LogP contribution in [-0.2, 0) is 0 Å². The molecule has 1 aliphatic carbocycles. The molecule has 1 nitrogen and oxygen atoms in total. The fraction of sp³-hybridized carbons (Fsp3) is 0.625. The van der Waals surface area contributed by atoms with E-state index in [0.29, 0.717) is 5.54 Å². The predicted octanol–water partition coefficient (Wildman–Crippen LogP) is 4.46. The van der Waals surface area contributed by atoms with E-state index < -0.39 is 0 Å². The second-order valence-corrected chi connectivity index (χ2v) is 5.86. The van der Waals surface area contributed by atoms with E-state index in [4.69, 9.17) is 0 Å². The molecule has 0 heterocycles. The van der Waals surface area contributed by atoms with Gasteiger partial charge in [0, 0.05) is 18.3 Å². The summed E-state index contributed by atoms with van der Waals surface area (Å²) in [5.74, 6) is 0. The van der Waals surface area contributed by atoms with Crippen LogP contribution in [0.15, 0.2) is 18.2 Å². The molecule has 17 heavy (non-hydrogen) atoms. The largest absolute Gasteiger partial charge is 0.369 e. The molecule has 0 saturated heterocycles. The first-order valence-electron chi connectivity index (χ1n) is 6.85. The van der Waals surface area contributed by atoms with Gasteiger partial charge in [-0.2, -0.15) is 0 Å². The zero-order valence-corrected chi connectivity index (χ0v) is 11.7. The SMILES string of the molecule is Cc1cccc(C)c1N(C)C1(C)CCCCC1. The van der Waals surface area contributed by atoms with Crippen LogP contribution in [-0.4, -0.2) is 12.6 Å². The molecule has 0 aliphatic heterocycles. The van der Waals surface area contributed by atoms with Gasteiger partial charge in [0.15, 0.2) is 0 Å². The molecule has 1 fully saturated rings. The van der Waals surface area contributed by atoms with Gasteiger partial charge in [-0.25, -0.2) is 0 Å². The average Bonchev–Trinajstić information content (AvgIpc) is 2.29. The summed E-state index contributed by atoms with van der Waals surface area (Å²) in [6.45, 7) is 6.88. The molecule has 0 bridgehead atoms. The van der Waals surface area contributed by atoms with Crippen molar-refractivity contribution in [2.45, 2.75) is 58.4 Å². The Morgan fingerprint density at radius 1 is 1.00 bits per heavy atom. The van der Waals surface area contributed by atoms with Crippen molar-refractivity contribution in [2.75, 3.05) is 11.9 Å². The van der Waals surface area contributed by atoms with Gasteiger partial charge in [-0.15, -0.1) is 0 Å². The maximum Gasteiger partial charge on any atom is 0.0427 e. The van der Waals surface area contributed by atoms with Gasteiger partial charge in [-0.05, 0) is 44.7 Å². The van der Waals surface area contributed by atoms with Crippen molar-refractivity contribution in [3.8, 4) is 0 Å². The maximum atomic E-state index is 2.54. The molecule has 0 spiro atoms. The van der Waals surface area contributed by atoms with E-state index in [0.717, 1.165) is 0 Å². The first-order valence-corrected chi connectivity index (χ1v) is 6.85. The van der Waals surface area contributed by atoms with Gasteiger partial charge in [0.2, 0.25) is 0 Å². The van der Waals surface area contributed by atoms with Crippen LogP contribution in [0.1, 0.15) is 50.2 Å². The number of benzene rings is 1. The Balaban J connectivity index is 2.32. The number of nitrogens with zero attached hydrogens (tertiary/aromatic N) is 1. The third-order valence-corrected chi connectivity index (χ3v) is 4.52. The zero-order chi connectivity index (χ0) is 12.5. The molecular weight excluding hydrogens is 206 g/mol. The highest BCUT2D eigenvalue weighted by Crippen LogP contribution is 2.37. The highest BCUT2D eigenvalue weighted by molar-refractivity contribution is 5.60. The Hall–Kier alpha value is -0.980. The van der Waals surface area contributed by atoms with Crippen molar-refractivity contribution < 1.29 is 0 Å². The van der Waals surface area contributed by atoms with Crippen molar-refractivity contribution in [2.24, 2.45) is 0 Å². The lowest BCUT2D eigenvalue weighted by Crippen LogP contribution is -2.46. The summed E-state index contributed by atoms with van der Waals surface area (Å²) in [7, 11) is 2.28. The summed E-state index contributed by atoms with van der Waals surface area (Å²) in [5, 5.41) is 0. The standard InChI is InChI=1S/C16H25N/c1-13-9-8-10-14(2)15(13)17(4)16(3)11-6-5-7-12-16/h8-10H,5-7,11-12H2,1-4H3. The van der Waals surface area contributed by atoms with Crippen LogP contribution in [0, 0.1) is 13.8 Å². The number of hydrogen-bond acceptors (Lipinski definition) is 1. The summed E-state index contributed by atoms with van der Waals surface area (Å²) in [5.41, 5.74) is 4.60. The normalized spacial score (nSPS) is 19.1. The van der Waals surface area contributed by atoms with Crippen molar-refractivity contribution >= 4 is 5.69 Å². The van der Waals surface area contributed by atoms with Crippen LogP contribution in [0.3, 0.4) is 0 Å². The molecule has 94 valence electrons. The molecule has 1 heteroatoms. The van der Waals surface area contributed by atoms with Gasteiger partial charge < -0.3 is 4.90 Å². The molecule has 0 amide bonds. The molecule has 1 saturated carbocycles. The molecule has 1 aliphatic rings. The molecule has 0 unspecified atom stereocenters. The van der Waals surface area contributed by atoms with Gasteiger partial charge in [0.1, 0.15) is 0 Å². The average molecular weight is 231 g/mol. The Labute approximate surface area is 106 Å². The second-order valence-electron chi connectivity index (χ2n) is 5.86. The van der Waals surface area contributed by atoms with E-state index in [2.05, 4.69) is 50.9 Å². The first kappa shape index (κ1) is 12.5. The molecule has 2 rings (SSSR count). The minimum Gasteiger partial charge on any atom is -0.369 e. The van der Waals surface area contributed by atoms with Crippen LogP contribution in [0.25, 0.3) is 0 Å². The zero-order valence-electron chi connectivity index (χ0n) is 11.7. The fourth-order valence-electron chi connectivity index (χ4n) is 3.25. The molecule has 0 radical (unpaired) electrons. The van der Waals surface area contributed by atoms with E-state index >= 15 is 0 Å². The number of para-hydroxylation sites is 1.